The average molecular weight is 347 g/mol. The third kappa shape index (κ3) is 3.70. The second kappa shape index (κ2) is 7.31. The normalized spacial score (nSPS) is 10.4. The number of benzene rings is 3. The van der Waals surface area contributed by atoms with E-state index in [0.29, 0.717) is 11.1 Å². The molecule has 0 fully saturated rings. The summed E-state index contributed by atoms with van der Waals surface area (Å²) in [5.41, 5.74) is 4.37. The number of halogens is 1. The zero-order chi connectivity index (χ0) is 18.7. The first-order chi connectivity index (χ1) is 12.5. The first-order valence-corrected chi connectivity index (χ1v) is 8.14. The van der Waals surface area contributed by atoms with Crippen molar-refractivity contribution in [2.45, 2.75) is 13.8 Å². The van der Waals surface area contributed by atoms with E-state index in [4.69, 9.17) is 4.74 Å². The number of hydrogen-bond acceptors (Lipinski definition) is 3. The Morgan fingerprint density at radius 2 is 1.54 bits per heavy atom. The summed E-state index contributed by atoms with van der Waals surface area (Å²) in [6.07, 6.45) is 0. The standard InChI is InChI=1S/C22H18FNO2/c1-14-4-6-16(7-5-14)17-8-10-18(11-9-17)22(25)26-19-12-15(2)21(24-3)20(23)13-19/h4-13H,3H2,1-2H3. The minimum absolute atomic E-state index is 0.139. The van der Waals surface area contributed by atoms with Gasteiger partial charge in [0, 0.05) is 6.07 Å². The molecule has 0 heterocycles. The Kier molecular flexibility index (Phi) is 4.94. The van der Waals surface area contributed by atoms with E-state index in [1.807, 2.05) is 43.3 Å². The molecular weight excluding hydrogens is 329 g/mol. The summed E-state index contributed by atoms with van der Waals surface area (Å²) in [6.45, 7) is 7.05. The average Bonchev–Trinajstić information content (AvgIpc) is 2.62. The van der Waals surface area contributed by atoms with E-state index in [1.54, 1.807) is 25.1 Å². The molecule has 130 valence electrons. The summed E-state index contributed by atoms with van der Waals surface area (Å²) in [4.78, 5) is 15.9. The van der Waals surface area contributed by atoms with Gasteiger partial charge in [-0.1, -0.05) is 42.0 Å². The minimum atomic E-state index is -0.572. The summed E-state index contributed by atoms with van der Waals surface area (Å²) < 4.78 is 19.2. The highest BCUT2D eigenvalue weighted by atomic mass is 19.1. The van der Waals surface area contributed by atoms with Crippen LogP contribution in [0.25, 0.3) is 11.1 Å². The molecule has 0 saturated carbocycles. The summed E-state index contributed by atoms with van der Waals surface area (Å²) in [5.74, 6) is -0.976. The number of nitrogens with zero attached hydrogens (tertiary/aromatic N) is 1. The first-order valence-electron chi connectivity index (χ1n) is 8.14. The number of carbonyl (C=O) groups excluding carboxylic acids is 1. The third-order valence-corrected chi connectivity index (χ3v) is 4.10. The van der Waals surface area contributed by atoms with Crippen molar-refractivity contribution < 1.29 is 13.9 Å². The number of carbonyl (C=O) groups is 1. The molecule has 3 aromatic rings. The quantitative estimate of drug-likeness (QED) is 0.347. The molecule has 0 atom stereocenters. The van der Waals surface area contributed by atoms with Crippen molar-refractivity contribution >= 4 is 18.4 Å². The van der Waals surface area contributed by atoms with Gasteiger partial charge in [0.15, 0.2) is 5.82 Å². The molecule has 0 N–H and O–H groups in total. The fourth-order valence-electron chi connectivity index (χ4n) is 2.67. The molecular formula is C22H18FNO2. The van der Waals surface area contributed by atoms with Crippen LogP contribution in [-0.4, -0.2) is 12.7 Å². The number of aryl methyl sites for hydroxylation is 2. The van der Waals surface area contributed by atoms with Gasteiger partial charge in [0.2, 0.25) is 0 Å². The van der Waals surface area contributed by atoms with Crippen molar-refractivity contribution in [1.29, 1.82) is 0 Å². The van der Waals surface area contributed by atoms with Crippen molar-refractivity contribution in [2.75, 3.05) is 0 Å². The lowest BCUT2D eigenvalue weighted by molar-refractivity contribution is 0.0734. The van der Waals surface area contributed by atoms with E-state index in [1.165, 1.54) is 5.56 Å². The van der Waals surface area contributed by atoms with Crippen molar-refractivity contribution in [3.05, 3.63) is 83.2 Å². The Morgan fingerprint density at radius 1 is 0.962 bits per heavy atom. The Morgan fingerprint density at radius 3 is 2.08 bits per heavy atom. The highest BCUT2D eigenvalue weighted by molar-refractivity contribution is 5.91. The van der Waals surface area contributed by atoms with Gasteiger partial charge in [-0.2, -0.15) is 0 Å². The Labute approximate surface area is 151 Å². The van der Waals surface area contributed by atoms with Crippen LogP contribution in [0.2, 0.25) is 0 Å². The predicted molar refractivity (Wildman–Crippen MR) is 102 cm³/mol. The van der Waals surface area contributed by atoms with Crippen LogP contribution in [0, 0.1) is 19.7 Å². The highest BCUT2D eigenvalue weighted by Gasteiger charge is 2.13. The van der Waals surface area contributed by atoms with Crippen LogP contribution in [0.5, 0.6) is 5.75 Å². The van der Waals surface area contributed by atoms with Gasteiger partial charge in [0.25, 0.3) is 0 Å². The molecule has 0 aromatic heterocycles. The van der Waals surface area contributed by atoms with Gasteiger partial charge in [-0.15, -0.1) is 0 Å². The largest absolute Gasteiger partial charge is 0.423 e. The molecule has 0 bridgehead atoms. The minimum Gasteiger partial charge on any atom is -0.423 e. The summed E-state index contributed by atoms with van der Waals surface area (Å²) in [6, 6.07) is 17.9. The van der Waals surface area contributed by atoms with Crippen LogP contribution >= 0.6 is 0 Å². The highest BCUT2D eigenvalue weighted by Crippen LogP contribution is 2.28. The molecule has 26 heavy (non-hydrogen) atoms. The molecule has 0 unspecified atom stereocenters. The lowest BCUT2D eigenvalue weighted by atomic mass is 10.0. The van der Waals surface area contributed by atoms with E-state index >= 15 is 0 Å². The van der Waals surface area contributed by atoms with Gasteiger partial charge in [0.05, 0.1) is 5.56 Å². The van der Waals surface area contributed by atoms with Crippen LogP contribution < -0.4 is 4.74 Å². The van der Waals surface area contributed by atoms with Gasteiger partial charge in [0.1, 0.15) is 11.4 Å². The number of aliphatic imine (C=N–C) groups is 1. The van der Waals surface area contributed by atoms with Gasteiger partial charge in [-0.25, -0.2) is 9.18 Å². The second-order valence-corrected chi connectivity index (χ2v) is 6.06. The topological polar surface area (TPSA) is 38.7 Å². The smallest absolute Gasteiger partial charge is 0.343 e. The van der Waals surface area contributed by atoms with Crippen LogP contribution in [0.3, 0.4) is 0 Å². The van der Waals surface area contributed by atoms with E-state index in [2.05, 4.69) is 11.7 Å². The fraction of sp³-hybridized carbons (Fsp3) is 0.0909. The maximum Gasteiger partial charge on any atom is 0.343 e. The zero-order valence-electron chi connectivity index (χ0n) is 14.6. The molecule has 0 aliphatic heterocycles. The van der Waals surface area contributed by atoms with Crippen LogP contribution in [0.1, 0.15) is 21.5 Å². The molecule has 0 saturated heterocycles. The van der Waals surface area contributed by atoms with E-state index in [-0.39, 0.29) is 11.4 Å². The van der Waals surface area contributed by atoms with E-state index in [9.17, 15) is 9.18 Å². The van der Waals surface area contributed by atoms with E-state index < -0.39 is 11.8 Å². The fourth-order valence-corrected chi connectivity index (χ4v) is 2.67. The molecule has 3 rings (SSSR count). The Balaban J connectivity index is 1.78. The van der Waals surface area contributed by atoms with Gasteiger partial charge in [-0.05, 0) is 55.5 Å². The first kappa shape index (κ1) is 17.5. The Bertz CT molecular complexity index is 937. The SMILES string of the molecule is C=Nc1c(C)cc(OC(=O)c2ccc(-c3ccc(C)cc3)cc2)cc1F. The lowest BCUT2D eigenvalue weighted by Gasteiger charge is -2.08. The second-order valence-electron chi connectivity index (χ2n) is 6.06. The van der Waals surface area contributed by atoms with Crippen molar-refractivity contribution in [3.63, 3.8) is 0 Å². The van der Waals surface area contributed by atoms with Crippen LogP contribution in [-0.2, 0) is 0 Å². The predicted octanol–water partition coefficient (Wildman–Crippen LogP) is 5.66. The number of esters is 1. The number of ether oxygens (including phenoxy) is 1. The molecule has 0 amide bonds. The van der Waals surface area contributed by atoms with E-state index in [0.717, 1.165) is 17.2 Å². The number of rotatable bonds is 4. The summed E-state index contributed by atoms with van der Waals surface area (Å²) in [7, 11) is 0. The van der Waals surface area contributed by atoms with Gasteiger partial charge in [-0.3, -0.25) is 4.99 Å². The molecule has 0 aliphatic rings. The van der Waals surface area contributed by atoms with Crippen molar-refractivity contribution in [2.24, 2.45) is 4.99 Å². The molecule has 3 nitrogen and oxygen atoms in total. The maximum absolute atomic E-state index is 13.9. The van der Waals surface area contributed by atoms with Crippen molar-refractivity contribution in [1.82, 2.24) is 0 Å². The Hall–Kier alpha value is -3.27. The third-order valence-electron chi connectivity index (χ3n) is 4.10. The molecule has 3 aromatic carbocycles. The van der Waals surface area contributed by atoms with Gasteiger partial charge >= 0.3 is 5.97 Å². The molecule has 0 spiro atoms. The monoisotopic (exact) mass is 347 g/mol. The lowest BCUT2D eigenvalue weighted by Crippen LogP contribution is -2.08. The van der Waals surface area contributed by atoms with Crippen LogP contribution in [0.4, 0.5) is 10.1 Å². The van der Waals surface area contributed by atoms with Gasteiger partial charge < -0.3 is 4.74 Å². The zero-order valence-corrected chi connectivity index (χ0v) is 14.6. The molecule has 0 radical (unpaired) electrons. The maximum atomic E-state index is 13.9. The summed E-state index contributed by atoms with van der Waals surface area (Å²) in [5, 5.41) is 0. The molecule has 4 heteroatoms. The molecule has 0 aliphatic carbocycles. The van der Waals surface area contributed by atoms with Crippen LogP contribution in [0.15, 0.2) is 65.7 Å². The summed E-state index contributed by atoms with van der Waals surface area (Å²) >= 11 is 0. The van der Waals surface area contributed by atoms with Crippen molar-refractivity contribution in [3.8, 4) is 16.9 Å². The number of hydrogen-bond donors (Lipinski definition) is 0.